The van der Waals surface area contributed by atoms with Gasteiger partial charge in [-0.15, -0.1) is 11.3 Å². The third-order valence-electron chi connectivity index (χ3n) is 2.58. The molecule has 0 nitrogen and oxygen atoms in total. The highest BCUT2D eigenvalue weighted by molar-refractivity contribution is 9.09. The van der Waals surface area contributed by atoms with E-state index in [0.29, 0.717) is 0 Å². The smallest absolute Gasteiger partial charge is 0.0755 e. The second kappa shape index (κ2) is 5.35. The highest BCUT2D eigenvalue weighted by Crippen LogP contribution is 2.39. The average Bonchev–Trinajstić information content (AvgIpc) is 2.74. The third kappa shape index (κ3) is 2.34. The molecule has 3 heteroatoms. The van der Waals surface area contributed by atoms with E-state index in [1.165, 1.54) is 16.0 Å². The predicted molar refractivity (Wildman–Crippen MR) is 75.9 cm³/mol. The first kappa shape index (κ1) is 12.2. The Kier molecular flexibility index (Phi) is 4.06. The molecule has 0 fully saturated rings. The lowest BCUT2D eigenvalue weighted by Gasteiger charge is -2.13. The minimum absolute atomic E-state index is 0.205. The molecule has 0 spiro atoms. The zero-order valence-corrected chi connectivity index (χ0v) is 12.1. The van der Waals surface area contributed by atoms with Crippen LogP contribution in [-0.4, -0.2) is 0 Å². The van der Waals surface area contributed by atoms with Crippen molar-refractivity contribution >= 4 is 38.9 Å². The first-order valence-electron chi connectivity index (χ1n) is 5.18. The molecule has 0 aliphatic heterocycles. The SMILES string of the molecule is CCc1ccccc1C(Br)c1sccc1Cl. The van der Waals surface area contributed by atoms with Gasteiger partial charge in [0.25, 0.3) is 0 Å². The van der Waals surface area contributed by atoms with Crippen molar-refractivity contribution < 1.29 is 0 Å². The highest BCUT2D eigenvalue weighted by Gasteiger charge is 2.17. The summed E-state index contributed by atoms with van der Waals surface area (Å²) in [6.07, 6.45) is 1.04. The minimum Gasteiger partial charge on any atom is -0.146 e. The minimum atomic E-state index is 0.205. The summed E-state index contributed by atoms with van der Waals surface area (Å²) in [4.78, 5) is 1.39. The van der Waals surface area contributed by atoms with Crippen molar-refractivity contribution in [3.05, 3.63) is 56.7 Å². The van der Waals surface area contributed by atoms with Gasteiger partial charge in [0, 0.05) is 4.88 Å². The molecular formula is C13H12BrClS. The van der Waals surface area contributed by atoms with E-state index in [9.17, 15) is 0 Å². The molecule has 0 saturated carbocycles. The molecule has 1 heterocycles. The van der Waals surface area contributed by atoms with Crippen LogP contribution < -0.4 is 0 Å². The fourth-order valence-electron chi connectivity index (χ4n) is 1.73. The molecule has 1 unspecified atom stereocenters. The van der Waals surface area contributed by atoms with Crippen LogP contribution in [0.3, 0.4) is 0 Å². The van der Waals surface area contributed by atoms with Crippen molar-refractivity contribution in [1.82, 2.24) is 0 Å². The summed E-state index contributed by atoms with van der Waals surface area (Å²) in [7, 11) is 0. The Bertz CT molecular complexity index is 478. The van der Waals surface area contributed by atoms with E-state index in [1.54, 1.807) is 11.3 Å². The van der Waals surface area contributed by atoms with Crippen LogP contribution in [0.15, 0.2) is 35.7 Å². The summed E-state index contributed by atoms with van der Waals surface area (Å²) >= 11 is 11.6. The molecule has 0 amide bonds. The van der Waals surface area contributed by atoms with Gasteiger partial charge < -0.3 is 0 Å². The monoisotopic (exact) mass is 314 g/mol. The van der Waals surface area contributed by atoms with E-state index in [4.69, 9.17) is 11.6 Å². The molecule has 0 aliphatic rings. The van der Waals surface area contributed by atoms with Gasteiger partial charge in [0.1, 0.15) is 0 Å². The third-order valence-corrected chi connectivity index (χ3v) is 5.26. The van der Waals surface area contributed by atoms with Gasteiger partial charge in [-0.3, -0.25) is 0 Å². The number of benzene rings is 1. The molecule has 0 N–H and O–H groups in total. The molecular weight excluding hydrogens is 304 g/mol. The van der Waals surface area contributed by atoms with E-state index in [0.717, 1.165) is 11.4 Å². The topological polar surface area (TPSA) is 0 Å². The Hall–Kier alpha value is -0.310. The number of aryl methyl sites for hydroxylation is 1. The average molecular weight is 316 g/mol. The molecule has 1 aromatic heterocycles. The first-order valence-corrected chi connectivity index (χ1v) is 7.36. The van der Waals surface area contributed by atoms with Gasteiger partial charge in [-0.25, -0.2) is 0 Å². The van der Waals surface area contributed by atoms with Gasteiger partial charge in [0.15, 0.2) is 0 Å². The fraction of sp³-hybridized carbons (Fsp3) is 0.231. The van der Waals surface area contributed by atoms with Crippen molar-refractivity contribution in [3.63, 3.8) is 0 Å². The molecule has 0 saturated heterocycles. The highest BCUT2D eigenvalue weighted by atomic mass is 79.9. The fourth-order valence-corrected chi connectivity index (χ4v) is 4.04. The van der Waals surface area contributed by atoms with E-state index >= 15 is 0 Å². The van der Waals surface area contributed by atoms with Gasteiger partial charge in [0.2, 0.25) is 0 Å². The Labute approximate surface area is 113 Å². The molecule has 0 radical (unpaired) electrons. The van der Waals surface area contributed by atoms with Crippen LogP contribution in [-0.2, 0) is 6.42 Å². The Morgan fingerprint density at radius 3 is 2.69 bits per heavy atom. The Morgan fingerprint density at radius 1 is 1.31 bits per heavy atom. The predicted octanol–water partition coefficient (Wildman–Crippen LogP) is 5.45. The lowest BCUT2D eigenvalue weighted by atomic mass is 10.0. The number of halogens is 2. The molecule has 0 bridgehead atoms. The summed E-state index contributed by atoms with van der Waals surface area (Å²) < 4.78 is 0. The quantitative estimate of drug-likeness (QED) is 0.661. The van der Waals surface area contributed by atoms with Crippen LogP contribution in [0.25, 0.3) is 0 Å². The summed E-state index contributed by atoms with van der Waals surface area (Å²) in [6, 6.07) is 10.4. The summed E-state index contributed by atoms with van der Waals surface area (Å²) in [5.74, 6) is 0. The molecule has 1 atom stereocenters. The molecule has 2 aromatic rings. The lowest BCUT2D eigenvalue weighted by Crippen LogP contribution is -1.96. The van der Waals surface area contributed by atoms with Crippen LogP contribution in [0.4, 0.5) is 0 Å². The van der Waals surface area contributed by atoms with Crippen molar-refractivity contribution in [2.24, 2.45) is 0 Å². The first-order chi connectivity index (χ1) is 7.74. The lowest BCUT2D eigenvalue weighted by molar-refractivity contribution is 1.07. The molecule has 84 valence electrons. The molecule has 16 heavy (non-hydrogen) atoms. The van der Waals surface area contributed by atoms with E-state index in [1.807, 2.05) is 11.4 Å². The van der Waals surface area contributed by atoms with Crippen molar-refractivity contribution in [2.45, 2.75) is 18.2 Å². The molecule has 2 rings (SSSR count). The van der Waals surface area contributed by atoms with Crippen LogP contribution in [0.5, 0.6) is 0 Å². The van der Waals surface area contributed by atoms with Crippen molar-refractivity contribution in [2.75, 3.05) is 0 Å². The maximum absolute atomic E-state index is 6.16. The molecule has 0 aliphatic carbocycles. The van der Waals surface area contributed by atoms with Crippen LogP contribution in [0.1, 0.15) is 27.8 Å². The largest absolute Gasteiger partial charge is 0.146 e. The van der Waals surface area contributed by atoms with Crippen LogP contribution >= 0.6 is 38.9 Å². The second-order valence-electron chi connectivity index (χ2n) is 3.55. The normalized spacial score (nSPS) is 12.7. The van der Waals surface area contributed by atoms with Gasteiger partial charge in [-0.1, -0.05) is 58.7 Å². The number of rotatable bonds is 3. The molecule has 1 aromatic carbocycles. The van der Waals surface area contributed by atoms with Crippen LogP contribution in [0.2, 0.25) is 5.02 Å². The standard InChI is InChI=1S/C13H12BrClS/c1-2-9-5-3-4-6-10(9)12(14)13-11(15)7-8-16-13/h3-8,12H,2H2,1H3. The number of thiophene rings is 1. The van der Waals surface area contributed by atoms with E-state index < -0.39 is 0 Å². The maximum Gasteiger partial charge on any atom is 0.0755 e. The van der Waals surface area contributed by atoms with Gasteiger partial charge in [-0.2, -0.15) is 0 Å². The van der Waals surface area contributed by atoms with Crippen molar-refractivity contribution in [3.8, 4) is 0 Å². The summed E-state index contributed by atoms with van der Waals surface area (Å²) in [5.41, 5.74) is 2.68. The Morgan fingerprint density at radius 2 is 2.06 bits per heavy atom. The van der Waals surface area contributed by atoms with E-state index in [2.05, 4.69) is 47.1 Å². The van der Waals surface area contributed by atoms with E-state index in [-0.39, 0.29) is 4.83 Å². The second-order valence-corrected chi connectivity index (χ2v) is 5.82. The maximum atomic E-state index is 6.16. The van der Waals surface area contributed by atoms with Crippen LogP contribution in [0, 0.1) is 0 Å². The van der Waals surface area contributed by atoms with Gasteiger partial charge >= 0.3 is 0 Å². The van der Waals surface area contributed by atoms with Gasteiger partial charge in [0.05, 0.1) is 9.85 Å². The van der Waals surface area contributed by atoms with Crippen molar-refractivity contribution in [1.29, 1.82) is 0 Å². The summed E-state index contributed by atoms with van der Waals surface area (Å²) in [5, 5.41) is 2.87. The number of hydrogen-bond donors (Lipinski definition) is 0. The number of hydrogen-bond acceptors (Lipinski definition) is 1. The zero-order valence-electron chi connectivity index (χ0n) is 8.91. The summed E-state index contributed by atoms with van der Waals surface area (Å²) in [6.45, 7) is 2.18. The number of alkyl halides is 1. The van der Waals surface area contributed by atoms with Gasteiger partial charge in [-0.05, 0) is 29.0 Å². The zero-order chi connectivity index (χ0) is 11.5. The Balaban J connectivity index is 2.41.